The number of aromatic nitrogens is 2. The average Bonchev–Trinajstić information content (AvgIpc) is 3.00. The van der Waals surface area contributed by atoms with Crippen LogP contribution in [0.15, 0.2) is 96.2 Å². The summed E-state index contributed by atoms with van der Waals surface area (Å²) < 4.78 is 39.4. The highest BCUT2D eigenvalue weighted by Crippen LogP contribution is 2.34. The van der Waals surface area contributed by atoms with Gasteiger partial charge in [-0.15, -0.1) is 0 Å². The summed E-state index contributed by atoms with van der Waals surface area (Å²) in [6.45, 7) is 6.58. The number of hydrogen-bond donors (Lipinski definition) is 2. The van der Waals surface area contributed by atoms with Crippen molar-refractivity contribution in [1.82, 2.24) is 9.97 Å². The van der Waals surface area contributed by atoms with Crippen molar-refractivity contribution in [3.63, 3.8) is 0 Å². The van der Waals surface area contributed by atoms with Gasteiger partial charge in [-0.1, -0.05) is 48.5 Å². The Kier molecular flexibility index (Phi) is 9.89. The highest BCUT2D eigenvalue weighted by Gasteiger charge is 2.45. The monoisotopic (exact) mass is 632 g/mol. The van der Waals surface area contributed by atoms with E-state index in [1.54, 1.807) is 39.0 Å². The van der Waals surface area contributed by atoms with Gasteiger partial charge in [-0.25, -0.2) is 23.2 Å². The zero-order chi connectivity index (χ0) is 32.8. The number of carboxylic acids is 1. The molecule has 0 aliphatic rings. The first-order valence-corrected chi connectivity index (χ1v) is 15.7. The number of carbonyl (C=O) groups excluding carboxylic acids is 1. The van der Waals surface area contributed by atoms with Gasteiger partial charge in [0.15, 0.2) is 9.90 Å². The van der Waals surface area contributed by atoms with Crippen LogP contribution in [0.5, 0.6) is 5.75 Å². The minimum Gasteiger partial charge on any atom is -0.494 e. The molecule has 0 saturated heterocycles. The molecule has 4 aromatic rings. The summed E-state index contributed by atoms with van der Waals surface area (Å²) in [6, 6.07) is 23.6. The summed E-state index contributed by atoms with van der Waals surface area (Å²) in [5.41, 5.74) is 8.20. The first-order chi connectivity index (χ1) is 21.2. The van der Waals surface area contributed by atoms with Gasteiger partial charge >= 0.3 is 12.1 Å². The number of ether oxygens (including phenoxy) is 2. The molecule has 2 heterocycles. The minimum absolute atomic E-state index is 0.113. The Bertz CT molecular complexity index is 1760. The fraction of sp³-hybridized carbons (Fsp3) is 0.273. The molecule has 0 aliphatic carbocycles. The minimum atomic E-state index is -4.40. The number of nitrogens with two attached hydrogens (primary N) is 1. The van der Waals surface area contributed by atoms with Crippen molar-refractivity contribution in [2.75, 3.05) is 18.1 Å². The van der Waals surface area contributed by atoms with E-state index in [-0.39, 0.29) is 23.0 Å². The maximum absolute atomic E-state index is 14.2. The Hall–Kier alpha value is -4.81. The third-order valence-electron chi connectivity index (χ3n) is 6.64. The maximum atomic E-state index is 14.2. The summed E-state index contributed by atoms with van der Waals surface area (Å²) in [5.74, 6) is -0.726. The van der Waals surface area contributed by atoms with Crippen LogP contribution in [0.25, 0.3) is 11.1 Å². The van der Waals surface area contributed by atoms with Gasteiger partial charge in [-0.2, -0.15) is 0 Å². The van der Waals surface area contributed by atoms with Crippen LogP contribution < -0.4 is 15.4 Å². The lowest BCUT2D eigenvalue weighted by atomic mass is 9.99. The predicted molar refractivity (Wildman–Crippen MR) is 169 cm³/mol. The van der Waals surface area contributed by atoms with E-state index in [1.807, 2.05) is 43.3 Å². The number of rotatable bonds is 11. The second-order valence-corrected chi connectivity index (χ2v) is 13.4. The zero-order valence-corrected chi connectivity index (χ0v) is 26.3. The summed E-state index contributed by atoms with van der Waals surface area (Å²) in [7, 11) is -4.40. The van der Waals surface area contributed by atoms with E-state index in [2.05, 4.69) is 9.97 Å². The number of amides is 1. The summed E-state index contributed by atoms with van der Waals surface area (Å²) in [6.07, 6.45) is 0.167. The highest BCUT2D eigenvalue weighted by atomic mass is 32.2. The quantitative estimate of drug-likeness (QED) is 0.225. The van der Waals surface area contributed by atoms with Crippen molar-refractivity contribution in [2.45, 2.75) is 49.6 Å². The number of pyridine rings is 2. The van der Waals surface area contributed by atoms with Gasteiger partial charge in [0, 0.05) is 12.6 Å². The third kappa shape index (κ3) is 7.83. The smallest absolute Gasteiger partial charge is 0.416 e. The van der Waals surface area contributed by atoms with E-state index >= 15 is 0 Å². The highest BCUT2D eigenvalue weighted by molar-refractivity contribution is 7.92. The van der Waals surface area contributed by atoms with E-state index in [0.717, 1.165) is 21.8 Å². The Labute approximate surface area is 262 Å². The van der Waals surface area contributed by atoms with Gasteiger partial charge in [0.25, 0.3) is 0 Å². The molecule has 0 saturated carbocycles. The second-order valence-electron chi connectivity index (χ2n) is 11.2. The number of aliphatic carboxylic acids is 1. The van der Waals surface area contributed by atoms with Crippen LogP contribution in [0.2, 0.25) is 0 Å². The molecule has 0 aliphatic heterocycles. The molecule has 1 amide bonds. The number of benzene rings is 2. The Morgan fingerprint density at radius 1 is 0.933 bits per heavy atom. The molecule has 3 N–H and O–H groups in total. The molecule has 0 spiro atoms. The lowest BCUT2D eigenvalue weighted by molar-refractivity contribution is -0.135. The second kappa shape index (κ2) is 13.4. The number of sulfone groups is 1. The summed E-state index contributed by atoms with van der Waals surface area (Å²) >= 11 is 0. The van der Waals surface area contributed by atoms with Gasteiger partial charge in [0.2, 0.25) is 9.84 Å². The molecule has 0 radical (unpaired) electrons. The van der Waals surface area contributed by atoms with Gasteiger partial charge in [0.1, 0.15) is 23.7 Å². The molecule has 12 heteroatoms. The van der Waals surface area contributed by atoms with Gasteiger partial charge in [-0.3, -0.25) is 9.69 Å². The maximum Gasteiger partial charge on any atom is 0.416 e. The zero-order valence-electron chi connectivity index (χ0n) is 25.5. The van der Waals surface area contributed by atoms with Crippen molar-refractivity contribution in [3.8, 4) is 16.9 Å². The topological polar surface area (TPSA) is 162 Å². The van der Waals surface area contributed by atoms with Crippen molar-refractivity contribution in [2.24, 2.45) is 5.73 Å². The third-order valence-corrected chi connectivity index (χ3v) is 8.75. The van der Waals surface area contributed by atoms with Crippen molar-refractivity contribution < 1.29 is 32.6 Å². The number of carbonyl (C=O) groups is 2. The molecule has 4 rings (SSSR count). The fourth-order valence-electron chi connectivity index (χ4n) is 4.57. The van der Waals surface area contributed by atoms with Crippen LogP contribution in [-0.4, -0.2) is 54.3 Å². The number of nitrogens with zero attached hydrogens (tertiary/aromatic N) is 3. The number of carboxylic acid groups (broad SMARTS) is 1. The molecule has 0 fully saturated rings. The fourth-order valence-corrected chi connectivity index (χ4v) is 6.14. The van der Waals surface area contributed by atoms with Crippen LogP contribution in [0, 0.1) is 0 Å². The SMILES string of the molecule is CCOc1cccc(-c2ccc(CC(N)(c3cccc(N(CC(=O)O)C(=O)OC(C)(C)C)n3)S(=O)(=O)c3ccccn3)cc2)c1. The molecular weight excluding hydrogens is 596 g/mol. The van der Waals surface area contributed by atoms with E-state index in [4.69, 9.17) is 15.2 Å². The molecule has 0 bridgehead atoms. The van der Waals surface area contributed by atoms with Crippen molar-refractivity contribution in [1.29, 1.82) is 0 Å². The molecule has 236 valence electrons. The molecule has 2 aromatic heterocycles. The lowest BCUT2D eigenvalue weighted by Gasteiger charge is -2.30. The van der Waals surface area contributed by atoms with Crippen LogP contribution in [-0.2, 0) is 30.7 Å². The molecule has 11 nitrogen and oxygen atoms in total. The van der Waals surface area contributed by atoms with Crippen molar-refractivity contribution in [3.05, 3.63) is 102 Å². The average molecular weight is 633 g/mol. The Morgan fingerprint density at radius 2 is 1.64 bits per heavy atom. The molecule has 2 aromatic carbocycles. The largest absolute Gasteiger partial charge is 0.494 e. The summed E-state index contributed by atoms with van der Waals surface area (Å²) in [4.78, 5) is 31.8. The summed E-state index contributed by atoms with van der Waals surface area (Å²) in [5, 5.41) is 9.26. The van der Waals surface area contributed by atoms with Crippen LogP contribution in [0.1, 0.15) is 39.0 Å². The normalized spacial score (nSPS) is 13.0. The van der Waals surface area contributed by atoms with Crippen LogP contribution >= 0.6 is 0 Å². The van der Waals surface area contributed by atoms with E-state index in [9.17, 15) is 23.1 Å². The van der Waals surface area contributed by atoms with E-state index in [0.29, 0.717) is 12.2 Å². The van der Waals surface area contributed by atoms with E-state index < -0.39 is 38.9 Å². The van der Waals surface area contributed by atoms with Gasteiger partial charge in [-0.05, 0) is 80.8 Å². The van der Waals surface area contributed by atoms with E-state index in [1.165, 1.54) is 36.5 Å². The Balaban J connectivity index is 1.79. The predicted octanol–water partition coefficient (Wildman–Crippen LogP) is 5.20. The van der Waals surface area contributed by atoms with Crippen LogP contribution in [0.4, 0.5) is 10.6 Å². The molecule has 45 heavy (non-hydrogen) atoms. The lowest BCUT2D eigenvalue weighted by Crippen LogP contribution is -2.48. The first-order valence-electron chi connectivity index (χ1n) is 14.2. The van der Waals surface area contributed by atoms with Crippen LogP contribution in [0.3, 0.4) is 0 Å². The first kappa shape index (κ1) is 33.1. The molecule has 1 atom stereocenters. The van der Waals surface area contributed by atoms with Gasteiger partial charge in [0.05, 0.1) is 12.3 Å². The standard InChI is InChI=1S/C33H36N4O7S/c1-5-43-26-11-8-10-25(20-26)24-17-15-23(16-18-24)21-33(34,45(41,42)29-14-6-7-19-35-29)27-12-9-13-28(36-27)37(22-30(38)39)31(40)44-32(2,3)4/h6-20H,5,21-22,34H2,1-4H3,(H,38,39). The number of hydrogen-bond acceptors (Lipinski definition) is 9. The van der Waals surface area contributed by atoms with Gasteiger partial charge < -0.3 is 20.3 Å². The molecular formula is C33H36N4O7S. The van der Waals surface area contributed by atoms with Crippen molar-refractivity contribution >= 4 is 27.7 Å². The Morgan fingerprint density at radius 3 is 2.27 bits per heavy atom. The number of anilines is 1. The molecule has 1 unspecified atom stereocenters.